The van der Waals surface area contributed by atoms with Crippen LogP contribution in [0.1, 0.15) is 18.1 Å². The zero-order chi connectivity index (χ0) is 8.97. The Morgan fingerprint density at radius 3 is 2.83 bits per heavy atom. The number of rotatable bonds is 3. The van der Waals surface area contributed by atoms with E-state index in [0.717, 1.165) is 11.3 Å². The van der Waals surface area contributed by atoms with Gasteiger partial charge in [-0.3, -0.25) is 0 Å². The number of hydrogen-bond donors (Lipinski definition) is 1. The molecule has 0 bridgehead atoms. The standard InChI is InChI=1S/C9H12N2S/c1-3-8-5-4-6-9(7(8)2)12-11-10/h4-6,10H,3H2,1-2H3. The van der Waals surface area contributed by atoms with Gasteiger partial charge in [0.1, 0.15) is 0 Å². The van der Waals surface area contributed by atoms with E-state index in [0.29, 0.717) is 0 Å². The lowest BCUT2D eigenvalue weighted by molar-refractivity contribution is 1.08. The molecule has 1 rings (SSSR count). The normalized spacial score (nSPS) is 9.83. The van der Waals surface area contributed by atoms with E-state index in [1.165, 1.54) is 23.1 Å². The highest BCUT2D eigenvalue weighted by Gasteiger charge is 2.01. The molecule has 0 heterocycles. The Labute approximate surface area is 77.0 Å². The van der Waals surface area contributed by atoms with Gasteiger partial charge in [0.05, 0.1) is 0 Å². The summed E-state index contributed by atoms with van der Waals surface area (Å²) in [7, 11) is 0. The summed E-state index contributed by atoms with van der Waals surface area (Å²) >= 11 is 1.22. The Balaban J connectivity index is 3.04. The van der Waals surface area contributed by atoms with Crippen molar-refractivity contribution in [3.05, 3.63) is 29.3 Å². The zero-order valence-electron chi connectivity index (χ0n) is 7.29. The maximum Gasteiger partial charge on any atom is 0.0355 e. The number of hydrogen-bond acceptors (Lipinski definition) is 3. The molecule has 1 aromatic carbocycles. The van der Waals surface area contributed by atoms with Crippen molar-refractivity contribution in [3.8, 4) is 0 Å². The van der Waals surface area contributed by atoms with E-state index in [9.17, 15) is 0 Å². The Hall–Kier alpha value is -0.830. The minimum absolute atomic E-state index is 1.04. The van der Waals surface area contributed by atoms with E-state index in [1.807, 2.05) is 12.1 Å². The van der Waals surface area contributed by atoms with E-state index in [1.54, 1.807) is 0 Å². The molecule has 0 aromatic heterocycles. The molecule has 0 fully saturated rings. The van der Waals surface area contributed by atoms with Crippen molar-refractivity contribution in [2.45, 2.75) is 25.2 Å². The fraction of sp³-hybridized carbons (Fsp3) is 0.333. The van der Waals surface area contributed by atoms with E-state index >= 15 is 0 Å². The molecule has 0 radical (unpaired) electrons. The van der Waals surface area contributed by atoms with Gasteiger partial charge in [-0.1, -0.05) is 19.1 Å². The molecule has 3 heteroatoms. The van der Waals surface area contributed by atoms with Crippen LogP contribution in [0, 0.1) is 12.5 Å². The topological polar surface area (TPSA) is 36.2 Å². The highest BCUT2D eigenvalue weighted by molar-refractivity contribution is 7.97. The number of nitrogens with zero attached hydrogens (tertiary/aromatic N) is 1. The Bertz CT molecular complexity index is 284. The van der Waals surface area contributed by atoms with Gasteiger partial charge in [-0.15, -0.1) is 4.52 Å². The summed E-state index contributed by atoms with van der Waals surface area (Å²) in [6.07, 6.45) is 1.04. The molecule has 64 valence electrons. The molecular weight excluding hydrogens is 168 g/mol. The quantitative estimate of drug-likeness (QED) is 0.560. The number of nitrogens with one attached hydrogen (secondary N) is 1. The molecule has 0 spiro atoms. The molecule has 0 amide bonds. The first-order valence-corrected chi connectivity index (χ1v) is 4.69. The highest BCUT2D eigenvalue weighted by atomic mass is 32.2. The van der Waals surface area contributed by atoms with E-state index in [-0.39, 0.29) is 0 Å². The molecule has 0 saturated heterocycles. The van der Waals surface area contributed by atoms with Crippen molar-refractivity contribution >= 4 is 11.9 Å². The number of aryl methyl sites for hydroxylation is 1. The molecule has 0 atom stereocenters. The maximum atomic E-state index is 6.75. The summed E-state index contributed by atoms with van der Waals surface area (Å²) in [4.78, 5) is 1.09. The van der Waals surface area contributed by atoms with Gasteiger partial charge in [-0.25, -0.2) is 0 Å². The van der Waals surface area contributed by atoms with Crippen LogP contribution in [0.15, 0.2) is 27.6 Å². The van der Waals surface area contributed by atoms with Crippen molar-refractivity contribution < 1.29 is 0 Å². The predicted molar refractivity (Wildman–Crippen MR) is 51.6 cm³/mol. The summed E-state index contributed by atoms with van der Waals surface area (Å²) in [5.74, 6) is 0. The van der Waals surface area contributed by atoms with E-state index in [4.69, 9.17) is 5.53 Å². The third-order valence-electron chi connectivity index (χ3n) is 1.92. The molecule has 0 aliphatic rings. The van der Waals surface area contributed by atoms with Crippen LogP contribution in [0.3, 0.4) is 0 Å². The van der Waals surface area contributed by atoms with Crippen molar-refractivity contribution in [2.75, 3.05) is 0 Å². The smallest absolute Gasteiger partial charge is 0.0355 e. The maximum absolute atomic E-state index is 6.75. The first-order chi connectivity index (χ1) is 5.79. The summed E-state index contributed by atoms with van der Waals surface area (Å²) in [6.45, 7) is 4.21. The molecule has 0 aliphatic carbocycles. The average Bonchev–Trinajstić information content (AvgIpc) is 2.09. The van der Waals surface area contributed by atoms with Crippen LogP contribution < -0.4 is 0 Å². The second-order valence-corrected chi connectivity index (χ2v) is 3.38. The Kier molecular flexibility index (Phi) is 3.29. The van der Waals surface area contributed by atoms with Gasteiger partial charge >= 0.3 is 0 Å². The third kappa shape index (κ3) is 1.85. The van der Waals surface area contributed by atoms with Crippen LogP contribution in [0.2, 0.25) is 0 Å². The summed E-state index contributed by atoms with van der Waals surface area (Å²) in [5, 5.41) is 0. The molecule has 0 unspecified atom stereocenters. The van der Waals surface area contributed by atoms with E-state index < -0.39 is 0 Å². The minimum Gasteiger partial charge on any atom is -0.197 e. The van der Waals surface area contributed by atoms with Gasteiger partial charge in [-0.2, -0.15) is 5.53 Å². The average molecular weight is 180 g/mol. The van der Waals surface area contributed by atoms with Crippen molar-refractivity contribution in [3.63, 3.8) is 0 Å². The van der Waals surface area contributed by atoms with Crippen LogP contribution in [0.5, 0.6) is 0 Å². The summed E-state index contributed by atoms with van der Waals surface area (Å²) in [6, 6.07) is 6.12. The van der Waals surface area contributed by atoms with Crippen molar-refractivity contribution in [1.82, 2.24) is 0 Å². The van der Waals surface area contributed by atoms with Crippen molar-refractivity contribution in [1.29, 1.82) is 5.53 Å². The highest BCUT2D eigenvalue weighted by Crippen LogP contribution is 2.25. The lowest BCUT2D eigenvalue weighted by atomic mass is 10.1. The zero-order valence-corrected chi connectivity index (χ0v) is 8.11. The van der Waals surface area contributed by atoms with Gasteiger partial charge in [0.15, 0.2) is 0 Å². The van der Waals surface area contributed by atoms with Gasteiger partial charge < -0.3 is 0 Å². The fourth-order valence-electron chi connectivity index (χ4n) is 1.19. The largest absolute Gasteiger partial charge is 0.197 e. The molecule has 0 saturated carbocycles. The first kappa shape index (κ1) is 9.26. The second kappa shape index (κ2) is 4.26. The molecule has 2 nitrogen and oxygen atoms in total. The molecule has 1 aromatic rings. The van der Waals surface area contributed by atoms with Gasteiger partial charge in [0.25, 0.3) is 0 Å². The monoisotopic (exact) mass is 180 g/mol. The van der Waals surface area contributed by atoms with Gasteiger partial charge in [-0.05, 0) is 30.5 Å². The van der Waals surface area contributed by atoms with Crippen LogP contribution in [0.25, 0.3) is 0 Å². The Morgan fingerprint density at radius 1 is 1.50 bits per heavy atom. The summed E-state index contributed by atoms with van der Waals surface area (Å²) in [5.41, 5.74) is 9.34. The lowest BCUT2D eigenvalue weighted by Gasteiger charge is -2.05. The molecular formula is C9H12N2S. The van der Waals surface area contributed by atoms with Gasteiger partial charge in [0.2, 0.25) is 0 Å². The molecule has 0 aliphatic heterocycles. The van der Waals surface area contributed by atoms with Crippen LogP contribution in [-0.2, 0) is 6.42 Å². The first-order valence-electron chi connectivity index (χ1n) is 3.91. The number of benzene rings is 1. The van der Waals surface area contributed by atoms with Crippen LogP contribution in [0.4, 0.5) is 0 Å². The predicted octanol–water partition coefficient (Wildman–Crippen LogP) is 3.60. The third-order valence-corrected chi connectivity index (χ3v) is 2.65. The Morgan fingerprint density at radius 2 is 2.25 bits per heavy atom. The molecule has 12 heavy (non-hydrogen) atoms. The van der Waals surface area contributed by atoms with Crippen LogP contribution >= 0.6 is 11.9 Å². The van der Waals surface area contributed by atoms with Gasteiger partial charge in [0, 0.05) is 16.8 Å². The fourth-order valence-corrected chi connectivity index (χ4v) is 1.70. The van der Waals surface area contributed by atoms with Crippen LogP contribution in [-0.4, -0.2) is 0 Å². The molecule has 1 N–H and O–H groups in total. The van der Waals surface area contributed by atoms with Crippen molar-refractivity contribution in [2.24, 2.45) is 4.52 Å². The minimum atomic E-state index is 1.04. The second-order valence-electron chi connectivity index (χ2n) is 2.58. The summed E-state index contributed by atoms with van der Waals surface area (Å²) < 4.78 is 3.31. The van der Waals surface area contributed by atoms with E-state index in [2.05, 4.69) is 24.4 Å². The lowest BCUT2D eigenvalue weighted by Crippen LogP contribution is -1.87. The SMILES string of the molecule is CCc1cccc(SN=N)c1C.